The Bertz CT molecular complexity index is 555. The van der Waals surface area contributed by atoms with Crippen molar-refractivity contribution >= 4 is 23.4 Å². The van der Waals surface area contributed by atoms with E-state index in [9.17, 15) is 0 Å². The number of nitrogens with one attached hydrogen (secondary N) is 2. The average Bonchev–Trinajstić information content (AvgIpc) is 2.37. The fraction of sp³-hybridized carbons (Fsp3) is 0.529. The average molecular weight is 306 g/mol. The Balaban J connectivity index is 1.83. The molecule has 0 aromatic heterocycles. The van der Waals surface area contributed by atoms with E-state index in [-0.39, 0.29) is 0 Å². The molecule has 0 amide bonds. The zero-order chi connectivity index (χ0) is 15.0. The first-order chi connectivity index (χ1) is 10.1. The van der Waals surface area contributed by atoms with Crippen molar-refractivity contribution < 1.29 is 0 Å². The molecule has 1 aliphatic heterocycles. The summed E-state index contributed by atoms with van der Waals surface area (Å²) in [5, 5.41) is 7.30. The number of anilines is 1. The number of benzene rings is 1. The van der Waals surface area contributed by atoms with Gasteiger partial charge in [-0.3, -0.25) is 0 Å². The zero-order valence-electron chi connectivity index (χ0n) is 13.0. The summed E-state index contributed by atoms with van der Waals surface area (Å²) < 4.78 is 0. The van der Waals surface area contributed by atoms with Crippen LogP contribution in [0.15, 0.2) is 18.3 Å². The molecule has 1 aliphatic carbocycles. The predicted molar refractivity (Wildman–Crippen MR) is 91.0 cm³/mol. The molecule has 3 nitrogen and oxygen atoms in total. The highest BCUT2D eigenvalue weighted by molar-refractivity contribution is 6.31. The fourth-order valence-electron chi connectivity index (χ4n) is 3.55. The summed E-state index contributed by atoms with van der Waals surface area (Å²) in [7, 11) is 4.13. The third-order valence-corrected chi connectivity index (χ3v) is 5.52. The summed E-state index contributed by atoms with van der Waals surface area (Å²) in [5.74, 6) is 0. The van der Waals surface area contributed by atoms with Gasteiger partial charge in [-0.1, -0.05) is 11.6 Å². The first kappa shape index (κ1) is 14.7. The van der Waals surface area contributed by atoms with E-state index in [1.54, 1.807) is 0 Å². The van der Waals surface area contributed by atoms with Crippen molar-refractivity contribution in [2.24, 2.45) is 5.41 Å². The van der Waals surface area contributed by atoms with Crippen LogP contribution in [-0.2, 0) is 0 Å². The maximum Gasteiger partial charge on any atom is 0.0444 e. The van der Waals surface area contributed by atoms with Gasteiger partial charge < -0.3 is 15.5 Å². The SMILES string of the molecule is CN/C=C\c1c(N(C)C2CC3(CNC3)C2)ccc(Cl)c1C. The van der Waals surface area contributed by atoms with Gasteiger partial charge in [0.05, 0.1) is 0 Å². The van der Waals surface area contributed by atoms with Crippen LogP contribution in [0.1, 0.15) is 24.0 Å². The number of hydrogen-bond acceptors (Lipinski definition) is 3. The third kappa shape index (κ3) is 2.53. The number of nitrogens with zero attached hydrogens (tertiary/aromatic N) is 1. The van der Waals surface area contributed by atoms with Crippen LogP contribution in [0.2, 0.25) is 5.02 Å². The molecule has 2 fully saturated rings. The van der Waals surface area contributed by atoms with Gasteiger partial charge in [0.25, 0.3) is 0 Å². The van der Waals surface area contributed by atoms with E-state index in [0.29, 0.717) is 11.5 Å². The maximum atomic E-state index is 6.29. The maximum absolute atomic E-state index is 6.29. The largest absolute Gasteiger partial charge is 0.394 e. The van der Waals surface area contributed by atoms with Gasteiger partial charge in [-0.05, 0) is 55.2 Å². The Morgan fingerprint density at radius 1 is 1.38 bits per heavy atom. The molecule has 2 N–H and O–H groups in total. The van der Waals surface area contributed by atoms with Crippen molar-refractivity contribution in [3.05, 3.63) is 34.5 Å². The summed E-state index contributed by atoms with van der Waals surface area (Å²) >= 11 is 6.29. The highest BCUT2D eigenvalue weighted by Crippen LogP contribution is 2.47. The Kier molecular flexibility index (Phi) is 3.89. The lowest BCUT2D eigenvalue weighted by molar-refractivity contribution is 0.0373. The third-order valence-electron chi connectivity index (χ3n) is 5.11. The second kappa shape index (κ2) is 5.54. The van der Waals surface area contributed by atoms with Gasteiger partial charge in [-0.2, -0.15) is 0 Å². The van der Waals surface area contributed by atoms with E-state index in [2.05, 4.69) is 41.6 Å². The fourth-order valence-corrected chi connectivity index (χ4v) is 3.71. The molecule has 1 heterocycles. The van der Waals surface area contributed by atoms with Gasteiger partial charge in [0.1, 0.15) is 0 Å². The Morgan fingerprint density at radius 2 is 2.10 bits per heavy atom. The molecule has 2 aliphatic rings. The van der Waals surface area contributed by atoms with E-state index in [0.717, 1.165) is 10.6 Å². The van der Waals surface area contributed by atoms with Crippen molar-refractivity contribution in [1.82, 2.24) is 10.6 Å². The minimum absolute atomic E-state index is 0.599. The van der Waals surface area contributed by atoms with Crippen molar-refractivity contribution in [3.63, 3.8) is 0 Å². The van der Waals surface area contributed by atoms with Crippen LogP contribution in [-0.4, -0.2) is 33.2 Å². The van der Waals surface area contributed by atoms with Crippen LogP contribution in [0.4, 0.5) is 5.69 Å². The van der Waals surface area contributed by atoms with Gasteiger partial charge in [0.15, 0.2) is 0 Å². The molecule has 1 saturated carbocycles. The summed E-state index contributed by atoms with van der Waals surface area (Å²) in [4.78, 5) is 2.43. The summed E-state index contributed by atoms with van der Waals surface area (Å²) in [6.45, 7) is 4.49. The van der Waals surface area contributed by atoms with Gasteiger partial charge >= 0.3 is 0 Å². The molecule has 0 unspecified atom stereocenters. The van der Waals surface area contributed by atoms with Crippen LogP contribution in [0.5, 0.6) is 0 Å². The van der Waals surface area contributed by atoms with E-state index in [1.807, 2.05) is 19.3 Å². The lowest BCUT2D eigenvalue weighted by atomic mass is 9.61. The first-order valence-electron chi connectivity index (χ1n) is 7.63. The number of hydrogen-bond donors (Lipinski definition) is 2. The van der Waals surface area contributed by atoms with Gasteiger partial charge in [-0.15, -0.1) is 0 Å². The Morgan fingerprint density at radius 3 is 2.67 bits per heavy atom. The molecule has 1 saturated heterocycles. The quantitative estimate of drug-likeness (QED) is 0.895. The van der Waals surface area contributed by atoms with Gasteiger partial charge in [0, 0.05) is 49.5 Å². The lowest BCUT2D eigenvalue weighted by Gasteiger charge is -2.57. The van der Waals surface area contributed by atoms with Crippen LogP contribution >= 0.6 is 11.6 Å². The van der Waals surface area contributed by atoms with Crippen LogP contribution < -0.4 is 15.5 Å². The molecule has 0 radical (unpaired) electrons. The number of halogens is 1. The van der Waals surface area contributed by atoms with Gasteiger partial charge in [0.2, 0.25) is 0 Å². The molecule has 0 bridgehead atoms. The second-order valence-electron chi connectivity index (χ2n) is 6.50. The van der Waals surface area contributed by atoms with Crippen molar-refractivity contribution in [2.75, 3.05) is 32.1 Å². The standard InChI is InChI=1S/C17H24ClN3/c1-12-14(6-7-19-2)16(5-4-15(12)18)21(3)13-8-17(9-13)10-20-11-17/h4-7,13,19-20H,8-11H2,1-3H3/b7-6-. The minimum Gasteiger partial charge on any atom is -0.394 e. The number of rotatable bonds is 4. The van der Waals surface area contributed by atoms with E-state index in [4.69, 9.17) is 11.6 Å². The summed E-state index contributed by atoms with van der Waals surface area (Å²) in [6.07, 6.45) is 6.68. The molecular weight excluding hydrogens is 282 g/mol. The highest BCUT2D eigenvalue weighted by atomic mass is 35.5. The van der Waals surface area contributed by atoms with Crippen molar-refractivity contribution in [1.29, 1.82) is 0 Å². The van der Waals surface area contributed by atoms with E-state index >= 15 is 0 Å². The molecule has 1 spiro atoms. The molecule has 1 aromatic carbocycles. The van der Waals surface area contributed by atoms with E-state index in [1.165, 1.54) is 37.2 Å². The molecule has 114 valence electrons. The molecule has 3 rings (SSSR count). The second-order valence-corrected chi connectivity index (χ2v) is 6.91. The Hall–Kier alpha value is -1.19. The molecule has 1 aromatic rings. The lowest BCUT2D eigenvalue weighted by Crippen LogP contribution is -2.64. The predicted octanol–water partition coefficient (Wildman–Crippen LogP) is 3.03. The van der Waals surface area contributed by atoms with E-state index < -0.39 is 0 Å². The summed E-state index contributed by atoms with van der Waals surface area (Å²) in [5.41, 5.74) is 4.23. The first-order valence-corrected chi connectivity index (χ1v) is 8.01. The van der Waals surface area contributed by atoms with Gasteiger partial charge in [-0.25, -0.2) is 0 Å². The molecular formula is C17H24ClN3. The smallest absolute Gasteiger partial charge is 0.0444 e. The molecule has 4 heteroatoms. The topological polar surface area (TPSA) is 27.3 Å². The molecule has 21 heavy (non-hydrogen) atoms. The zero-order valence-corrected chi connectivity index (χ0v) is 13.8. The highest BCUT2D eigenvalue weighted by Gasteiger charge is 2.49. The monoisotopic (exact) mass is 305 g/mol. The summed E-state index contributed by atoms with van der Waals surface area (Å²) in [6, 6.07) is 4.81. The van der Waals surface area contributed by atoms with Crippen LogP contribution in [0, 0.1) is 12.3 Å². The minimum atomic E-state index is 0.599. The normalized spacial score (nSPS) is 20.4. The molecule has 0 atom stereocenters. The van der Waals surface area contributed by atoms with Crippen LogP contribution in [0.25, 0.3) is 6.08 Å². The van der Waals surface area contributed by atoms with Crippen LogP contribution in [0.3, 0.4) is 0 Å². The van der Waals surface area contributed by atoms with Crippen molar-refractivity contribution in [2.45, 2.75) is 25.8 Å². The van der Waals surface area contributed by atoms with Crippen molar-refractivity contribution in [3.8, 4) is 0 Å². The Labute approximate surface area is 132 Å².